The maximum Gasteiger partial charge on any atom is 0.122 e. The van der Waals surface area contributed by atoms with Gasteiger partial charge in [-0.15, -0.1) is 0 Å². The van der Waals surface area contributed by atoms with Crippen molar-refractivity contribution in [2.75, 3.05) is 0 Å². The third-order valence-electron chi connectivity index (χ3n) is 1.15. The van der Waals surface area contributed by atoms with Crippen molar-refractivity contribution in [3.05, 3.63) is 0 Å². The van der Waals surface area contributed by atoms with E-state index in [1.54, 1.807) is 0 Å². The molecule has 2 heteroatoms. The van der Waals surface area contributed by atoms with E-state index < -0.39 is 12.2 Å². The van der Waals surface area contributed by atoms with E-state index in [0.717, 1.165) is 0 Å². The highest BCUT2D eigenvalue weighted by molar-refractivity contribution is 4.77. The van der Waals surface area contributed by atoms with Crippen molar-refractivity contribution >= 4 is 0 Å². The SMILES string of the molecule is [O]C1CCC1[O]. The molecule has 0 aromatic rings. The van der Waals surface area contributed by atoms with Crippen LogP contribution >= 0.6 is 0 Å². The summed E-state index contributed by atoms with van der Waals surface area (Å²) in [5.41, 5.74) is 0. The van der Waals surface area contributed by atoms with Crippen LogP contribution in [-0.4, -0.2) is 12.2 Å². The van der Waals surface area contributed by atoms with E-state index in [4.69, 9.17) is 0 Å². The molecule has 1 rings (SSSR count). The molecule has 1 aliphatic carbocycles. The lowest BCUT2D eigenvalue weighted by Crippen LogP contribution is -2.33. The average Bonchev–Trinajstić information content (AvgIpc) is 1.61. The number of hydrogen-bond donors (Lipinski definition) is 0. The molecule has 1 aliphatic rings. The van der Waals surface area contributed by atoms with E-state index >= 15 is 0 Å². The smallest absolute Gasteiger partial charge is 0.122 e. The molecule has 0 amide bonds. The fraction of sp³-hybridized carbons (Fsp3) is 1.00. The largest absolute Gasteiger partial charge is 0.230 e. The summed E-state index contributed by atoms with van der Waals surface area (Å²) in [7, 11) is 0. The summed E-state index contributed by atoms with van der Waals surface area (Å²) in [5.74, 6) is 0. The zero-order valence-electron chi connectivity index (χ0n) is 3.39. The quantitative estimate of drug-likeness (QED) is 0.409. The summed E-state index contributed by atoms with van der Waals surface area (Å²) in [6.07, 6.45) is -0.336. The summed E-state index contributed by atoms with van der Waals surface area (Å²) >= 11 is 0. The van der Waals surface area contributed by atoms with Gasteiger partial charge in [0.05, 0.1) is 0 Å². The molecule has 6 heavy (non-hydrogen) atoms. The Balaban J connectivity index is 2.20. The van der Waals surface area contributed by atoms with Crippen molar-refractivity contribution in [1.29, 1.82) is 0 Å². The van der Waals surface area contributed by atoms with Crippen LogP contribution in [0.4, 0.5) is 0 Å². The van der Waals surface area contributed by atoms with Gasteiger partial charge >= 0.3 is 0 Å². The van der Waals surface area contributed by atoms with Gasteiger partial charge in [-0.3, -0.25) is 0 Å². The Morgan fingerprint density at radius 1 is 1.00 bits per heavy atom. The first kappa shape index (κ1) is 4.09. The lowest BCUT2D eigenvalue weighted by atomic mass is 9.93. The van der Waals surface area contributed by atoms with Crippen molar-refractivity contribution < 1.29 is 10.2 Å². The molecule has 0 aromatic carbocycles. The topological polar surface area (TPSA) is 39.8 Å². The third-order valence-corrected chi connectivity index (χ3v) is 1.15. The first-order valence-electron chi connectivity index (χ1n) is 2.12. The van der Waals surface area contributed by atoms with Gasteiger partial charge in [-0.2, -0.15) is 0 Å². The second-order valence-electron chi connectivity index (χ2n) is 1.65. The Bertz CT molecular complexity index is 45.5. The molecule has 2 unspecified atom stereocenters. The van der Waals surface area contributed by atoms with Crippen LogP contribution in [-0.2, 0) is 10.2 Å². The minimum Gasteiger partial charge on any atom is -0.230 e. The minimum atomic E-state index is -0.773. The molecule has 0 bridgehead atoms. The molecule has 0 aromatic heterocycles. The van der Waals surface area contributed by atoms with Gasteiger partial charge in [0.1, 0.15) is 12.2 Å². The second kappa shape index (κ2) is 1.21. The molecule has 1 fully saturated rings. The monoisotopic (exact) mass is 86.0 g/mol. The van der Waals surface area contributed by atoms with E-state index in [9.17, 15) is 10.2 Å². The lowest BCUT2D eigenvalue weighted by molar-refractivity contribution is -0.121. The van der Waals surface area contributed by atoms with Gasteiger partial charge in [0.25, 0.3) is 0 Å². The van der Waals surface area contributed by atoms with Crippen molar-refractivity contribution in [2.45, 2.75) is 25.0 Å². The standard InChI is InChI=1S/C4H6O2/c5-3-1-2-4(3)6/h3-4H,1-2H2. The van der Waals surface area contributed by atoms with Gasteiger partial charge in [0.2, 0.25) is 0 Å². The van der Waals surface area contributed by atoms with Crippen molar-refractivity contribution in [3.63, 3.8) is 0 Å². The molecule has 1 saturated carbocycles. The fourth-order valence-corrected chi connectivity index (χ4v) is 0.439. The Morgan fingerprint density at radius 2 is 1.33 bits per heavy atom. The van der Waals surface area contributed by atoms with Gasteiger partial charge < -0.3 is 0 Å². The lowest BCUT2D eigenvalue weighted by Gasteiger charge is -2.21. The van der Waals surface area contributed by atoms with Crippen LogP contribution in [0.25, 0.3) is 0 Å². The number of hydrogen-bond acceptors (Lipinski definition) is 0. The van der Waals surface area contributed by atoms with E-state index in [1.807, 2.05) is 0 Å². The van der Waals surface area contributed by atoms with E-state index in [2.05, 4.69) is 0 Å². The Kier molecular flexibility index (Phi) is 0.821. The van der Waals surface area contributed by atoms with Crippen molar-refractivity contribution in [3.8, 4) is 0 Å². The summed E-state index contributed by atoms with van der Waals surface area (Å²) in [6.45, 7) is 0. The summed E-state index contributed by atoms with van der Waals surface area (Å²) < 4.78 is 0. The van der Waals surface area contributed by atoms with Gasteiger partial charge in [-0.25, -0.2) is 10.2 Å². The molecular formula is C4H6O2. The van der Waals surface area contributed by atoms with Gasteiger partial charge in [0.15, 0.2) is 0 Å². The highest BCUT2D eigenvalue weighted by Crippen LogP contribution is 2.19. The summed E-state index contributed by atoms with van der Waals surface area (Å²) in [6, 6.07) is 0. The molecule has 2 nitrogen and oxygen atoms in total. The molecular weight excluding hydrogens is 80.0 g/mol. The third kappa shape index (κ3) is 0.420. The van der Waals surface area contributed by atoms with Gasteiger partial charge in [0, 0.05) is 0 Å². The molecule has 0 heterocycles. The zero-order chi connectivity index (χ0) is 4.57. The molecule has 34 valence electrons. The Morgan fingerprint density at radius 3 is 1.33 bits per heavy atom. The molecule has 0 spiro atoms. The average molecular weight is 86.1 g/mol. The first-order chi connectivity index (χ1) is 2.80. The molecule has 0 N–H and O–H groups in total. The minimum absolute atomic E-state index is 0.605. The second-order valence-corrected chi connectivity index (χ2v) is 1.65. The molecule has 0 aliphatic heterocycles. The predicted octanol–water partition coefficient (Wildman–Crippen LogP) is 0.378. The number of rotatable bonds is 0. The summed E-state index contributed by atoms with van der Waals surface area (Å²) in [5, 5.41) is 20.0. The normalized spacial score (nSPS) is 45.0. The Labute approximate surface area is 36.4 Å². The fourth-order valence-electron chi connectivity index (χ4n) is 0.439. The van der Waals surface area contributed by atoms with E-state index in [0.29, 0.717) is 12.8 Å². The molecule has 0 saturated heterocycles. The maximum atomic E-state index is 10.0. The van der Waals surface area contributed by atoms with Crippen LogP contribution in [0.5, 0.6) is 0 Å². The maximum absolute atomic E-state index is 10.0. The van der Waals surface area contributed by atoms with Gasteiger partial charge in [-0.05, 0) is 12.8 Å². The van der Waals surface area contributed by atoms with Crippen LogP contribution in [0.15, 0.2) is 0 Å². The van der Waals surface area contributed by atoms with Crippen LogP contribution in [0.1, 0.15) is 12.8 Å². The summed E-state index contributed by atoms with van der Waals surface area (Å²) in [4.78, 5) is 0. The van der Waals surface area contributed by atoms with Crippen LogP contribution < -0.4 is 0 Å². The Hall–Kier alpha value is -0.0800. The van der Waals surface area contributed by atoms with E-state index in [-0.39, 0.29) is 0 Å². The molecule has 2 atom stereocenters. The molecule has 2 radical (unpaired) electrons. The van der Waals surface area contributed by atoms with Crippen molar-refractivity contribution in [1.82, 2.24) is 0 Å². The zero-order valence-corrected chi connectivity index (χ0v) is 3.39. The van der Waals surface area contributed by atoms with Gasteiger partial charge in [-0.1, -0.05) is 0 Å². The van der Waals surface area contributed by atoms with Crippen LogP contribution in [0.2, 0.25) is 0 Å². The predicted molar refractivity (Wildman–Crippen MR) is 18.2 cm³/mol. The van der Waals surface area contributed by atoms with Crippen molar-refractivity contribution in [2.24, 2.45) is 0 Å². The van der Waals surface area contributed by atoms with Crippen LogP contribution in [0.3, 0.4) is 0 Å². The highest BCUT2D eigenvalue weighted by atomic mass is 16.3. The highest BCUT2D eigenvalue weighted by Gasteiger charge is 2.29. The first-order valence-corrected chi connectivity index (χ1v) is 2.12. The van der Waals surface area contributed by atoms with E-state index in [1.165, 1.54) is 0 Å². The van der Waals surface area contributed by atoms with Crippen LogP contribution in [0, 0.1) is 0 Å².